The van der Waals surface area contributed by atoms with Crippen molar-refractivity contribution in [1.82, 2.24) is 0 Å². The van der Waals surface area contributed by atoms with Crippen molar-refractivity contribution in [2.45, 2.75) is 20.8 Å². The van der Waals surface area contributed by atoms with Crippen LogP contribution in [0.5, 0.6) is 11.5 Å². The van der Waals surface area contributed by atoms with Crippen LogP contribution in [-0.2, 0) is 9.53 Å². The first-order valence-corrected chi connectivity index (χ1v) is 10.8. The Balaban J connectivity index is 1.59. The van der Waals surface area contributed by atoms with Gasteiger partial charge in [-0.1, -0.05) is 6.07 Å². The third-order valence-electron chi connectivity index (χ3n) is 5.36. The second kappa shape index (κ2) is 11.3. The van der Waals surface area contributed by atoms with Gasteiger partial charge in [0.25, 0.3) is 5.91 Å². The summed E-state index contributed by atoms with van der Waals surface area (Å²) < 4.78 is 28.9. The standard InChI is InChI=1S/C27H26FNO6/c1-16-11-18(3)22(12-17(16)2)23(30)14-35-27(32)19-5-10-24(25(13-19)33-4)34-15-26(31)29-21-8-6-20(28)7-9-21/h5-13H,14-15H2,1-4H3,(H,29,31). The van der Waals surface area contributed by atoms with E-state index in [0.717, 1.165) is 16.7 Å². The molecule has 0 saturated carbocycles. The Morgan fingerprint density at radius 3 is 2.20 bits per heavy atom. The van der Waals surface area contributed by atoms with Crippen molar-refractivity contribution < 1.29 is 33.0 Å². The number of Topliss-reactive ketones (excluding diaryl/α,β-unsaturated/α-hetero) is 1. The van der Waals surface area contributed by atoms with Crippen molar-refractivity contribution in [2.24, 2.45) is 0 Å². The second-order valence-electron chi connectivity index (χ2n) is 7.96. The molecule has 3 aromatic rings. The minimum absolute atomic E-state index is 0.162. The van der Waals surface area contributed by atoms with Gasteiger partial charge in [-0.05, 0) is 86.0 Å². The lowest BCUT2D eigenvalue weighted by Crippen LogP contribution is -2.20. The second-order valence-corrected chi connectivity index (χ2v) is 7.96. The van der Waals surface area contributed by atoms with Crippen LogP contribution < -0.4 is 14.8 Å². The van der Waals surface area contributed by atoms with Crippen molar-refractivity contribution in [3.8, 4) is 11.5 Å². The number of benzene rings is 3. The zero-order valence-corrected chi connectivity index (χ0v) is 19.9. The number of ether oxygens (including phenoxy) is 3. The van der Waals surface area contributed by atoms with E-state index in [9.17, 15) is 18.8 Å². The molecule has 7 nitrogen and oxygen atoms in total. The third kappa shape index (κ3) is 6.66. The SMILES string of the molecule is COc1cc(C(=O)OCC(=O)c2cc(C)c(C)cc2C)ccc1OCC(=O)Nc1ccc(F)cc1. The Morgan fingerprint density at radius 2 is 1.51 bits per heavy atom. The number of carbonyl (C=O) groups excluding carboxylic acids is 3. The van der Waals surface area contributed by atoms with Crippen molar-refractivity contribution in [3.05, 3.63) is 88.2 Å². The molecule has 0 aliphatic rings. The highest BCUT2D eigenvalue weighted by molar-refractivity contribution is 6.00. The van der Waals surface area contributed by atoms with E-state index in [1.54, 1.807) is 6.07 Å². The zero-order valence-electron chi connectivity index (χ0n) is 19.9. The number of carbonyl (C=O) groups is 3. The monoisotopic (exact) mass is 479 g/mol. The summed E-state index contributed by atoms with van der Waals surface area (Å²) in [5.74, 6) is -1.41. The molecule has 1 amide bonds. The highest BCUT2D eigenvalue weighted by Crippen LogP contribution is 2.28. The average Bonchev–Trinajstić information content (AvgIpc) is 2.84. The van der Waals surface area contributed by atoms with Crippen LogP contribution in [0.2, 0.25) is 0 Å². The summed E-state index contributed by atoms with van der Waals surface area (Å²) in [6, 6.07) is 13.4. The van der Waals surface area contributed by atoms with Crippen molar-refractivity contribution >= 4 is 23.3 Å². The normalized spacial score (nSPS) is 10.4. The van der Waals surface area contributed by atoms with Gasteiger partial charge >= 0.3 is 5.97 Å². The van der Waals surface area contributed by atoms with Crippen LogP contribution in [0.15, 0.2) is 54.6 Å². The fourth-order valence-corrected chi connectivity index (χ4v) is 3.34. The molecule has 0 aliphatic heterocycles. The van der Waals surface area contributed by atoms with E-state index in [1.807, 2.05) is 26.8 Å². The third-order valence-corrected chi connectivity index (χ3v) is 5.36. The van der Waals surface area contributed by atoms with E-state index < -0.39 is 24.3 Å². The molecule has 1 N–H and O–H groups in total. The highest BCUT2D eigenvalue weighted by Gasteiger charge is 2.17. The largest absolute Gasteiger partial charge is 0.493 e. The molecule has 8 heteroatoms. The summed E-state index contributed by atoms with van der Waals surface area (Å²) in [4.78, 5) is 37.2. The lowest BCUT2D eigenvalue weighted by Gasteiger charge is -2.13. The quantitative estimate of drug-likeness (QED) is 0.350. The summed E-state index contributed by atoms with van der Waals surface area (Å²) in [5.41, 5.74) is 3.99. The summed E-state index contributed by atoms with van der Waals surface area (Å²) in [6.07, 6.45) is 0. The fourth-order valence-electron chi connectivity index (χ4n) is 3.34. The molecule has 35 heavy (non-hydrogen) atoms. The van der Waals surface area contributed by atoms with E-state index in [4.69, 9.17) is 14.2 Å². The van der Waals surface area contributed by atoms with E-state index in [2.05, 4.69) is 5.32 Å². The number of hydrogen-bond donors (Lipinski definition) is 1. The summed E-state index contributed by atoms with van der Waals surface area (Å²) in [7, 11) is 1.39. The highest BCUT2D eigenvalue weighted by atomic mass is 19.1. The number of halogens is 1. The number of ketones is 1. The van der Waals surface area contributed by atoms with Gasteiger partial charge in [-0.25, -0.2) is 9.18 Å². The zero-order chi connectivity index (χ0) is 25.5. The van der Waals surface area contributed by atoms with Gasteiger partial charge < -0.3 is 19.5 Å². The van der Waals surface area contributed by atoms with Crippen molar-refractivity contribution in [1.29, 1.82) is 0 Å². The molecule has 0 unspecified atom stereocenters. The number of methoxy groups -OCH3 is 1. The van der Waals surface area contributed by atoms with E-state index in [-0.39, 0.29) is 29.5 Å². The van der Waals surface area contributed by atoms with Crippen molar-refractivity contribution in [3.63, 3.8) is 0 Å². The fraction of sp³-hybridized carbons (Fsp3) is 0.222. The smallest absolute Gasteiger partial charge is 0.338 e. The summed E-state index contributed by atoms with van der Waals surface area (Å²) in [5, 5.41) is 2.58. The number of aryl methyl sites for hydroxylation is 3. The molecule has 0 radical (unpaired) electrons. The topological polar surface area (TPSA) is 90.9 Å². The molecular weight excluding hydrogens is 453 g/mol. The molecule has 0 fully saturated rings. The van der Waals surface area contributed by atoms with Crippen LogP contribution in [0.3, 0.4) is 0 Å². The van der Waals surface area contributed by atoms with Gasteiger partial charge in [0.15, 0.2) is 24.7 Å². The van der Waals surface area contributed by atoms with Gasteiger partial charge in [-0.3, -0.25) is 9.59 Å². The molecule has 0 aromatic heterocycles. The molecule has 0 atom stereocenters. The Kier molecular flexibility index (Phi) is 8.20. The van der Waals surface area contributed by atoms with E-state index >= 15 is 0 Å². The average molecular weight is 480 g/mol. The molecule has 0 heterocycles. The van der Waals surface area contributed by atoms with Crippen LogP contribution in [0, 0.1) is 26.6 Å². The number of rotatable bonds is 9. The van der Waals surface area contributed by atoms with Gasteiger partial charge in [0.05, 0.1) is 12.7 Å². The molecule has 3 rings (SSSR count). The molecule has 0 bridgehead atoms. The van der Waals surface area contributed by atoms with Crippen LogP contribution in [0.25, 0.3) is 0 Å². The number of amides is 1. The molecule has 0 spiro atoms. The van der Waals surface area contributed by atoms with Crippen molar-refractivity contribution in [2.75, 3.05) is 25.6 Å². The van der Waals surface area contributed by atoms with Gasteiger partial charge in [-0.2, -0.15) is 0 Å². The van der Waals surface area contributed by atoms with Gasteiger partial charge in [0.2, 0.25) is 5.78 Å². The van der Waals surface area contributed by atoms with E-state index in [1.165, 1.54) is 49.6 Å². The minimum atomic E-state index is -0.696. The minimum Gasteiger partial charge on any atom is -0.493 e. The number of nitrogens with one attached hydrogen (secondary N) is 1. The maximum Gasteiger partial charge on any atom is 0.338 e. The number of esters is 1. The molecule has 182 valence electrons. The number of hydrogen-bond acceptors (Lipinski definition) is 6. The van der Waals surface area contributed by atoms with Gasteiger partial charge in [0.1, 0.15) is 5.82 Å². The van der Waals surface area contributed by atoms with Crippen LogP contribution >= 0.6 is 0 Å². The lowest BCUT2D eigenvalue weighted by atomic mass is 9.98. The van der Waals surface area contributed by atoms with Crippen LogP contribution in [0.4, 0.5) is 10.1 Å². The maximum absolute atomic E-state index is 13.0. The Labute approximate surface area is 202 Å². The van der Waals surface area contributed by atoms with Gasteiger partial charge in [0, 0.05) is 11.3 Å². The Hall–Kier alpha value is -4.20. The van der Waals surface area contributed by atoms with Crippen LogP contribution in [-0.4, -0.2) is 38.0 Å². The first kappa shape index (κ1) is 25.4. The first-order valence-electron chi connectivity index (χ1n) is 10.8. The number of anilines is 1. The molecule has 3 aromatic carbocycles. The molecule has 0 saturated heterocycles. The predicted molar refractivity (Wildman–Crippen MR) is 129 cm³/mol. The Morgan fingerprint density at radius 1 is 0.829 bits per heavy atom. The molecular formula is C27H26FNO6. The first-order chi connectivity index (χ1) is 16.7. The van der Waals surface area contributed by atoms with Crippen LogP contribution in [0.1, 0.15) is 37.4 Å². The predicted octanol–water partition coefficient (Wildman–Crippen LogP) is 4.82. The Bertz CT molecular complexity index is 1250. The van der Waals surface area contributed by atoms with Gasteiger partial charge in [-0.15, -0.1) is 0 Å². The summed E-state index contributed by atoms with van der Waals surface area (Å²) in [6.45, 7) is 4.99. The molecule has 0 aliphatic carbocycles. The lowest BCUT2D eigenvalue weighted by molar-refractivity contribution is -0.118. The summed E-state index contributed by atoms with van der Waals surface area (Å²) >= 11 is 0. The maximum atomic E-state index is 13.0. The van der Waals surface area contributed by atoms with E-state index in [0.29, 0.717) is 11.3 Å².